The third-order valence-electron chi connectivity index (χ3n) is 3.19. The Balaban J connectivity index is 2.15. The lowest BCUT2D eigenvalue weighted by Crippen LogP contribution is -2.08. The minimum Gasteiger partial charge on any atom is -0.330 e. The lowest BCUT2D eigenvalue weighted by Gasteiger charge is -2.08. The van der Waals surface area contributed by atoms with Crippen molar-refractivity contribution in [1.82, 2.24) is 0 Å². The molecular formula is C13H18BrNO2S. The molecule has 1 aromatic rings. The predicted molar refractivity (Wildman–Crippen MR) is 76.3 cm³/mol. The molecule has 18 heavy (non-hydrogen) atoms. The molecule has 0 bridgehead atoms. The zero-order valence-corrected chi connectivity index (χ0v) is 12.6. The number of nitrogens with two attached hydrogens (primary N) is 1. The van der Waals surface area contributed by atoms with Gasteiger partial charge in [-0.3, -0.25) is 0 Å². The first-order chi connectivity index (χ1) is 8.55. The van der Waals surface area contributed by atoms with Crippen LogP contribution in [-0.4, -0.2) is 20.2 Å². The van der Waals surface area contributed by atoms with Gasteiger partial charge in [0.15, 0.2) is 9.84 Å². The van der Waals surface area contributed by atoms with Crippen molar-refractivity contribution in [3.63, 3.8) is 0 Å². The summed E-state index contributed by atoms with van der Waals surface area (Å²) >= 11 is 3.38. The Bertz CT molecular complexity index is 524. The monoisotopic (exact) mass is 331 g/mol. The number of hydrogen-bond acceptors (Lipinski definition) is 3. The fourth-order valence-electron chi connectivity index (χ4n) is 1.96. The number of benzene rings is 1. The van der Waals surface area contributed by atoms with E-state index in [2.05, 4.69) is 15.9 Å². The number of hydrogen-bond donors (Lipinski definition) is 1. The number of rotatable bonds is 6. The predicted octanol–water partition coefficient (Wildman–Crippen LogP) is 2.67. The van der Waals surface area contributed by atoms with Crippen molar-refractivity contribution in [2.75, 3.05) is 6.54 Å². The summed E-state index contributed by atoms with van der Waals surface area (Å²) < 4.78 is 25.0. The van der Waals surface area contributed by atoms with E-state index in [4.69, 9.17) is 5.73 Å². The highest BCUT2D eigenvalue weighted by molar-refractivity contribution is 9.10. The molecule has 2 N–H and O–H groups in total. The Morgan fingerprint density at radius 2 is 2.00 bits per heavy atom. The van der Waals surface area contributed by atoms with Crippen LogP contribution in [0.3, 0.4) is 0 Å². The van der Waals surface area contributed by atoms with Crippen LogP contribution in [0.1, 0.15) is 31.2 Å². The zero-order chi connectivity index (χ0) is 13.2. The van der Waals surface area contributed by atoms with Gasteiger partial charge in [0.2, 0.25) is 0 Å². The van der Waals surface area contributed by atoms with Gasteiger partial charge in [0.25, 0.3) is 0 Å². The van der Waals surface area contributed by atoms with Crippen molar-refractivity contribution < 1.29 is 8.42 Å². The topological polar surface area (TPSA) is 60.2 Å². The molecular weight excluding hydrogens is 314 g/mol. The Kier molecular flexibility index (Phi) is 4.45. The Morgan fingerprint density at radius 3 is 2.56 bits per heavy atom. The molecule has 1 aliphatic carbocycles. The Morgan fingerprint density at radius 1 is 1.28 bits per heavy atom. The van der Waals surface area contributed by atoms with Crippen LogP contribution in [-0.2, 0) is 16.3 Å². The van der Waals surface area contributed by atoms with Gasteiger partial charge in [-0.25, -0.2) is 8.42 Å². The van der Waals surface area contributed by atoms with Crippen LogP contribution in [0.15, 0.2) is 27.6 Å². The number of halogens is 1. The quantitative estimate of drug-likeness (QED) is 0.815. The second-order valence-corrected chi connectivity index (χ2v) is 7.81. The molecule has 0 atom stereocenters. The SMILES string of the molecule is NCCCCc1ccc(S(=O)(=O)C2CC2)c(Br)c1. The molecule has 1 saturated carbocycles. The van der Waals surface area contributed by atoms with Gasteiger partial charge in [-0.2, -0.15) is 0 Å². The second-order valence-electron chi connectivity index (χ2n) is 4.75. The van der Waals surface area contributed by atoms with Crippen molar-refractivity contribution in [1.29, 1.82) is 0 Å². The molecule has 0 unspecified atom stereocenters. The summed E-state index contributed by atoms with van der Waals surface area (Å²) in [6.07, 6.45) is 4.58. The third kappa shape index (κ3) is 3.13. The molecule has 0 heterocycles. The van der Waals surface area contributed by atoms with Crippen LogP contribution >= 0.6 is 15.9 Å². The normalized spacial score (nSPS) is 15.9. The third-order valence-corrected chi connectivity index (χ3v) is 6.42. The molecule has 0 saturated heterocycles. The smallest absolute Gasteiger partial charge is 0.182 e. The number of aryl methyl sites for hydroxylation is 1. The lowest BCUT2D eigenvalue weighted by molar-refractivity contribution is 0.594. The van der Waals surface area contributed by atoms with E-state index in [1.54, 1.807) is 6.07 Å². The van der Waals surface area contributed by atoms with E-state index in [9.17, 15) is 8.42 Å². The van der Waals surface area contributed by atoms with Gasteiger partial charge in [0, 0.05) is 4.47 Å². The second kappa shape index (κ2) is 5.72. The van der Waals surface area contributed by atoms with Gasteiger partial charge < -0.3 is 5.73 Å². The zero-order valence-electron chi connectivity index (χ0n) is 10.2. The molecule has 0 aliphatic heterocycles. The summed E-state index contributed by atoms with van der Waals surface area (Å²) in [6, 6.07) is 5.57. The van der Waals surface area contributed by atoms with Crippen molar-refractivity contribution in [2.24, 2.45) is 5.73 Å². The Hall–Kier alpha value is -0.390. The number of sulfone groups is 1. The van der Waals surface area contributed by atoms with Crippen molar-refractivity contribution >= 4 is 25.8 Å². The van der Waals surface area contributed by atoms with Crippen molar-refractivity contribution in [2.45, 2.75) is 42.2 Å². The van der Waals surface area contributed by atoms with E-state index >= 15 is 0 Å². The highest BCUT2D eigenvalue weighted by Crippen LogP contribution is 2.36. The van der Waals surface area contributed by atoms with E-state index in [0.29, 0.717) is 15.9 Å². The molecule has 5 heteroatoms. The van der Waals surface area contributed by atoms with Crippen LogP contribution < -0.4 is 5.73 Å². The lowest BCUT2D eigenvalue weighted by atomic mass is 10.1. The molecule has 1 aromatic carbocycles. The minimum atomic E-state index is -3.11. The standard InChI is InChI=1S/C13H18BrNO2S/c14-12-9-10(3-1-2-8-15)4-7-13(12)18(16,17)11-5-6-11/h4,7,9,11H,1-3,5-6,8,15H2. The molecule has 100 valence electrons. The molecule has 0 amide bonds. The first-order valence-electron chi connectivity index (χ1n) is 6.28. The summed E-state index contributed by atoms with van der Waals surface area (Å²) in [5, 5.41) is -0.156. The van der Waals surface area contributed by atoms with Crippen LogP contribution in [0.25, 0.3) is 0 Å². The maximum atomic E-state index is 12.1. The average molecular weight is 332 g/mol. The van der Waals surface area contributed by atoms with Crippen LogP contribution in [0.4, 0.5) is 0 Å². The fourth-order valence-corrected chi connectivity index (χ4v) is 4.77. The largest absolute Gasteiger partial charge is 0.330 e. The van der Waals surface area contributed by atoms with E-state index in [0.717, 1.165) is 37.7 Å². The van der Waals surface area contributed by atoms with Gasteiger partial charge in [-0.1, -0.05) is 6.07 Å². The highest BCUT2D eigenvalue weighted by Gasteiger charge is 2.37. The summed E-state index contributed by atoms with van der Waals surface area (Å²) in [4.78, 5) is 0.438. The van der Waals surface area contributed by atoms with E-state index in [-0.39, 0.29) is 5.25 Å². The molecule has 1 fully saturated rings. The fraction of sp³-hybridized carbons (Fsp3) is 0.538. The summed E-state index contributed by atoms with van der Waals surface area (Å²) in [5.74, 6) is 0. The van der Waals surface area contributed by atoms with E-state index in [1.807, 2.05) is 12.1 Å². The molecule has 0 radical (unpaired) electrons. The molecule has 2 rings (SSSR count). The highest BCUT2D eigenvalue weighted by atomic mass is 79.9. The van der Waals surface area contributed by atoms with E-state index in [1.165, 1.54) is 0 Å². The van der Waals surface area contributed by atoms with Crippen LogP contribution in [0.2, 0.25) is 0 Å². The van der Waals surface area contributed by atoms with Crippen molar-refractivity contribution in [3.8, 4) is 0 Å². The van der Waals surface area contributed by atoms with Crippen LogP contribution in [0, 0.1) is 0 Å². The van der Waals surface area contributed by atoms with Gasteiger partial charge >= 0.3 is 0 Å². The van der Waals surface area contributed by atoms with Gasteiger partial charge in [0.05, 0.1) is 10.1 Å². The van der Waals surface area contributed by atoms with Crippen molar-refractivity contribution in [3.05, 3.63) is 28.2 Å². The average Bonchev–Trinajstić information content (AvgIpc) is 3.13. The maximum absolute atomic E-state index is 12.1. The molecule has 1 aliphatic rings. The summed E-state index contributed by atoms with van der Waals surface area (Å²) in [6.45, 7) is 0.704. The molecule has 0 spiro atoms. The number of unbranched alkanes of at least 4 members (excludes halogenated alkanes) is 1. The minimum absolute atomic E-state index is 0.156. The first-order valence-corrected chi connectivity index (χ1v) is 8.62. The molecule has 3 nitrogen and oxygen atoms in total. The first kappa shape index (κ1) is 14.0. The Labute approximate surface area is 117 Å². The maximum Gasteiger partial charge on any atom is 0.182 e. The van der Waals surface area contributed by atoms with Crippen LogP contribution in [0.5, 0.6) is 0 Å². The molecule has 0 aromatic heterocycles. The van der Waals surface area contributed by atoms with Gasteiger partial charge in [0.1, 0.15) is 0 Å². The summed E-state index contributed by atoms with van der Waals surface area (Å²) in [5.41, 5.74) is 6.61. The summed E-state index contributed by atoms with van der Waals surface area (Å²) in [7, 11) is -3.11. The van der Waals surface area contributed by atoms with Gasteiger partial charge in [-0.05, 0) is 72.3 Å². The van der Waals surface area contributed by atoms with Gasteiger partial charge in [-0.15, -0.1) is 0 Å². The van der Waals surface area contributed by atoms with E-state index < -0.39 is 9.84 Å².